The fraction of sp³-hybridized carbons (Fsp3) is 0.533. The molecule has 2 heterocycles. The summed E-state index contributed by atoms with van der Waals surface area (Å²) in [7, 11) is 0. The van der Waals surface area contributed by atoms with E-state index in [0.29, 0.717) is 37.9 Å². The second kappa shape index (κ2) is 6.03. The lowest BCUT2D eigenvalue weighted by Crippen LogP contribution is -2.46. The number of amides is 1. The van der Waals surface area contributed by atoms with Gasteiger partial charge in [-0.15, -0.1) is 0 Å². The van der Waals surface area contributed by atoms with Gasteiger partial charge in [0.05, 0.1) is 11.0 Å². The number of pyridine rings is 1. The molecule has 0 aliphatic carbocycles. The molecule has 1 saturated heterocycles. The van der Waals surface area contributed by atoms with Crippen molar-refractivity contribution in [3.05, 3.63) is 30.1 Å². The molecule has 1 aliphatic rings. The second-order valence-corrected chi connectivity index (χ2v) is 5.37. The van der Waals surface area contributed by atoms with Crippen molar-refractivity contribution in [3.8, 4) is 0 Å². The van der Waals surface area contributed by atoms with Gasteiger partial charge >= 0.3 is 5.97 Å². The van der Waals surface area contributed by atoms with Crippen LogP contribution in [-0.4, -0.2) is 40.0 Å². The number of nitrogens with zero attached hydrogens (tertiary/aromatic N) is 2. The van der Waals surface area contributed by atoms with Gasteiger partial charge < -0.3 is 10.0 Å². The molecule has 1 aliphatic heterocycles. The Morgan fingerprint density at radius 1 is 1.40 bits per heavy atom. The summed E-state index contributed by atoms with van der Waals surface area (Å²) < 4.78 is 0. The quantitative estimate of drug-likeness (QED) is 0.915. The summed E-state index contributed by atoms with van der Waals surface area (Å²) in [5, 5.41) is 9.45. The van der Waals surface area contributed by atoms with Crippen LogP contribution in [0.25, 0.3) is 0 Å². The SMILES string of the molecule is CCCC1(C(=O)O)CCN(C(=O)c2cccnc2)CC1. The van der Waals surface area contributed by atoms with Crippen molar-refractivity contribution >= 4 is 11.9 Å². The molecule has 20 heavy (non-hydrogen) atoms. The van der Waals surface area contributed by atoms with Crippen molar-refractivity contribution in [1.29, 1.82) is 0 Å². The van der Waals surface area contributed by atoms with E-state index in [0.717, 1.165) is 6.42 Å². The summed E-state index contributed by atoms with van der Waals surface area (Å²) >= 11 is 0. The number of hydrogen-bond acceptors (Lipinski definition) is 3. The minimum Gasteiger partial charge on any atom is -0.481 e. The van der Waals surface area contributed by atoms with Crippen LogP contribution in [0, 0.1) is 5.41 Å². The average molecular weight is 276 g/mol. The summed E-state index contributed by atoms with van der Waals surface area (Å²) in [5.41, 5.74) is -0.0914. The molecule has 1 aromatic rings. The first-order valence-electron chi connectivity index (χ1n) is 7.02. The molecule has 1 fully saturated rings. The maximum absolute atomic E-state index is 12.3. The highest BCUT2D eigenvalue weighted by Gasteiger charge is 2.41. The first-order chi connectivity index (χ1) is 9.59. The van der Waals surface area contributed by atoms with Crippen LogP contribution in [0.3, 0.4) is 0 Å². The van der Waals surface area contributed by atoms with Crippen LogP contribution >= 0.6 is 0 Å². The summed E-state index contributed by atoms with van der Waals surface area (Å²) in [5.74, 6) is -0.790. The van der Waals surface area contributed by atoms with Gasteiger partial charge in [-0.25, -0.2) is 0 Å². The van der Waals surface area contributed by atoms with E-state index in [2.05, 4.69) is 4.98 Å². The van der Waals surface area contributed by atoms with Gasteiger partial charge in [0.2, 0.25) is 0 Å². The van der Waals surface area contributed by atoms with Gasteiger partial charge in [-0.05, 0) is 31.4 Å². The highest BCUT2D eigenvalue weighted by molar-refractivity contribution is 5.94. The zero-order valence-corrected chi connectivity index (χ0v) is 11.7. The number of carbonyl (C=O) groups excluding carboxylic acids is 1. The molecule has 0 radical (unpaired) electrons. The Morgan fingerprint density at radius 2 is 2.10 bits per heavy atom. The topological polar surface area (TPSA) is 70.5 Å². The molecule has 0 unspecified atom stereocenters. The molecule has 1 aromatic heterocycles. The lowest BCUT2D eigenvalue weighted by atomic mass is 9.75. The van der Waals surface area contributed by atoms with Gasteiger partial charge in [-0.2, -0.15) is 0 Å². The van der Waals surface area contributed by atoms with Gasteiger partial charge in [-0.1, -0.05) is 13.3 Å². The van der Waals surface area contributed by atoms with Crippen LogP contribution in [0.1, 0.15) is 43.0 Å². The fourth-order valence-electron chi connectivity index (χ4n) is 2.86. The van der Waals surface area contributed by atoms with E-state index in [-0.39, 0.29) is 5.91 Å². The Labute approximate surface area is 118 Å². The Hall–Kier alpha value is -1.91. The minimum absolute atomic E-state index is 0.0615. The number of rotatable bonds is 4. The number of likely N-dealkylation sites (tertiary alicyclic amines) is 1. The largest absolute Gasteiger partial charge is 0.481 e. The Bertz CT molecular complexity index is 479. The van der Waals surface area contributed by atoms with Crippen LogP contribution in [-0.2, 0) is 4.79 Å². The summed E-state index contributed by atoms with van der Waals surface area (Å²) in [6, 6.07) is 3.47. The first-order valence-corrected chi connectivity index (χ1v) is 7.02. The number of piperidine rings is 1. The van der Waals surface area contributed by atoms with E-state index < -0.39 is 11.4 Å². The standard InChI is InChI=1S/C15H20N2O3/c1-2-5-15(14(19)20)6-9-17(10-7-15)13(18)12-4-3-8-16-11-12/h3-4,8,11H,2,5-7,9-10H2,1H3,(H,19,20). The van der Waals surface area contributed by atoms with Crippen molar-refractivity contribution in [2.45, 2.75) is 32.6 Å². The third kappa shape index (κ3) is 2.81. The van der Waals surface area contributed by atoms with E-state index in [1.165, 1.54) is 0 Å². The van der Waals surface area contributed by atoms with Crippen LogP contribution in [0.4, 0.5) is 0 Å². The smallest absolute Gasteiger partial charge is 0.309 e. The summed E-state index contributed by atoms with van der Waals surface area (Å²) in [6.07, 6.45) is 5.77. The zero-order valence-electron chi connectivity index (χ0n) is 11.7. The maximum Gasteiger partial charge on any atom is 0.309 e. The zero-order chi connectivity index (χ0) is 14.6. The molecule has 2 rings (SSSR count). The molecule has 0 atom stereocenters. The van der Waals surface area contributed by atoms with Gasteiger partial charge in [0.25, 0.3) is 5.91 Å². The van der Waals surface area contributed by atoms with Gasteiger partial charge in [-0.3, -0.25) is 14.6 Å². The predicted molar refractivity (Wildman–Crippen MR) is 74.4 cm³/mol. The molecule has 1 N–H and O–H groups in total. The third-order valence-electron chi connectivity index (χ3n) is 4.10. The number of aromatic nitrogens is 1. The van der Waals surface area contributed by atoms with E-state index in [1.807, 2.05) is 6.92 Å². The molecule has 108 valence electrons. The number of aliphatic carboxylic acids is 1. The van der Waals surface area contributed by atoms with Crippen LogP contribution < -0.4 is 0 Å². The van der Waals surface area contributed by atoms with Crippen LogP contribution in [0.2, 0.25) is 0 Å². The second-order valence-electron chi connectivity index (χ2n) is 5.37. The molecule has 0 bridgehead atoms. The van der Waals surface area contributed by atoms with Gasteiger partial charge in [0, 0.05) is 25.5 Å². The number of carboxylic acids is 1. The highest BCUT2D eigenvalue weighted by atomic mass is 16.4. The first kappa shape index (κ1) is 14.5. The molecule has 1 amide bonds. The number of hydrogen-bond donors (Lipinski definition) is 1. The van der Waals surface area contributed by atoms with Crippen LogP contribution in [0.15, 0.2) is 24.5 Å². The average Bonchev–Trinajstić information content (AvgIpc) is 2.48. The molecule has 0 aromatic carbocycles. The van der Waals surface area contributed by atoms with Crippen molar-refractivity contribution in [2.24, 2.45) is 5.41 Å². The maximum atomic E-state index is 12.3. The van der Waals surface area contributed by atoms with E-state index in [9.17, 15) is 14.7 Å². The Balaban J connectivity index is 2.04. The van der Waals surface area contributed by atoms with Gasteiger partial charge in [0.1, 0.15) is 0 Å². The summed E-state index contributed by atoms with van der Waals surface area (Å²) in [4.78, 5) is 29.5. The van der Waals surface area contributed by atoms with E-state index >= 15 is 0 Å². The molecular weight excluding hydrogens is 256 g/mol. The normalized spacial score (nSPS) is 17.8. The molecule has 5 nitrogen and oxygen atoms in total. The predicted octanol–water partition coefficient (Wildman–Crippen LogP) is 2.19. The molecule has 0 spiro atoms. The van der Waals surface area contributed by atoms with Crippen molar-refractivity contribution in [3.63, 3.8) is 0 Å². The monoisotopic (exact) mass is 276 g/mol. The fourth-order valence-corrected chi connectivity index (χ4v) is 2.86. The highest BCUT2D eigenvalue weighted by Crippen LogP contribution is 2.36. The number of carbonyl (C=O) groups is 2. The molecular formula is C15H20N2O3. The minimum atomic E-state index is -0.729. The van der Waals surface area contributed by atoms with E-state index in [1.54, 1.807) is 29.4 Å². The third-order valence-corrected chi connectivity index (χ3v) is 4.10. The molecule has 5 heteroatoms. The lowest BCUT2D eigenvalue weighted by Gasteiger charge is -2.38. The summed E-state index contributed by atoms with van der Waals surface area (Å²) in [6.45, 7) is 3.00. The Kier molecular flexibility index (Phi) is 4.37. The van der Waals surface area contributed by atoms with Gasteiger partial charge in [0.15, 0.2) is 0 Å². The van der Waals surface area contributed by atoms with Crippen molar-refractivity contribution in [2.75, 3.05) is 13.1 Å². The number of carboxylic acid groups (broad SMARTS) is 1. The van der Waals surface area contributed by atoms with Crippen molar-refractivity contribution < 1.29 is 14.7 Å². The van der Waals surface area contributed by atoms with E-state index in [4.69, 9.17) is 0 Å². The van der Waals surface area contributed by atoms with Crippen LogP contribution in [0.5, 0.6) is 0 Å². The lowest BCUT2D eigenvalue weighted by molar-refractivity contribution is -0.152. The Morgan fingerprint density at radius 3 is 2.60 bits per heavy atom. The van der Waals surface area contributed by atoms with Crippen molar-refractivity contribution in [1.82, 2.24) is 9.88 Å². The molecule has 0 saturated carbocycles.